The van der Waals surface area contributed by atoms with E-state index in [1.54, 1.807) is 7.11 Å². The highest BCUT2D eigenvalue weighted by Gasteiger charge is 2.18. The van der Waals surface area contributed by atoms with Crippen LogP contribution in [-0.4, -0.2) is 12.9 Å². The van der Waals surface area contributed by atoms with Crippen molar-refractivity contribution in [2.45, 2.75) is 39.2 Å². The van der Waals surface area contributed by atoms with Crippen LogP contribution in [0.25, 0.3) is 0 Å². The summed E-state index contributed by atoms with van der Waals surface area (Å²) in [5.74, 6) is 1.33. The molecule has 0 radical (unpaired) electrons. The number of hydrogen-bond donors (Lipinski definition) is 1. The van der Waals surface area contributed by atoms with Crippen LogP contribution >= 0.6 is 0 Å². The molecule has 3 aromatic rings. The van der Waals surface area contributed by atoms with Crippen molar-refractivity contribution in [3.8, 4) is 5.75 Å². The minimum Gasteiger partial charge on any atom is -0.497 e. The van der Waals surface area contributed by atoms with Gasteiger partial charge in [-0.05, 0) is 60.4 Å². The van der Waals surface area contributed by atoms with E-state index in [4.69, 9.17) is 4.74 Å². The molecule has 29 heavy (non-hydrogen) atoms. The van der Waals surface area contributed by atoms with Gasteiger partial charge in [-0.1, -0.05) is 55.8 Å². The Balaban J connectivity index is 1.84. The van der Waals surface area contributed by atoms with Crippen molar-refractivity contribution in [1.29, 1.82) is 0 Å². The summed E-state index contributed by atoms with van der Waals surface area (Å²) in [4.78, 5) is 13.0. The Bertz CT molecular complexity index is 926. The standard InChI is InChI=1S/C26H29NO2/c1-18(2)20-7-9-21(10-8-20)25(27-23-13-5-19(3)6-14-23)17-26(28)22-11-15-24(29-4)16-12-22/h5-16,18,25,27H,17H2,1-4H3. The molecule has 3 heteroatoms. The van der Waals surface area contributed by atoms with Crippen molar-refractivity contribution in [3.63, 3.8) is 0 Å². The Morgan fingerprint density at radius 1 is 0.862 bits per heavy atom. The number of rotatable bonds is 8. The third kappa shape index (κ3) is 5.47. The van der Waals surface area contributed by atoms with Gasteiger partial charge in [0.25, 0.3) is 0 Å². The molecule has 3 nitrogen and oxygen atoms in total. The molecule has 0 aliphatic carbocycles. The largest absolute Gasteiger partial charge is 0.497 e. The van der Waals surface area contributed by atoms with E-state index in [2.05, 4.69) is 74.6 Å². The van der Waals surface area contributed by atoms with Gasteiger partial charge in [-0.25, -0.2) is 0 Å². The van der Waals surface area contributed by atoms with Gasteiger partial charge in [-0.3, -0.25) is 4.79 Å². The highest BCUT2D eigenvalue weighted by atomic mass is 16.5. The molecule has 1 unspecified atom stereocenters. The molecule has 0 aliphatic heterocycles. The molecule has 0 aliphatic rings. The lowest BCUT2D eigenvalue weighted by Gasteiger charge is -2.21. The third-order valence-electron chi connectivity index (χ3n) is 5.20. The maximum atomic E-state index is 13.0. The predicted molar refractivity (Wildman–Crippen MR) is 120 cm³/mol. The quantitative estimate of drug-likeness (QED) is 0.445. The summed E-state index contributed by atoms with van der Waals surface area (Å²) in [6.45, 7) is 6.44. The van der Waals surface area contributed by atoms with E-state index in [1.165, 1.54) is 11.1 Å². The van der Waals surface area contributed by atoms with E-state index < -0.39 is 0 Å². The van der Waals surface area contributed by atoms with E-state index in [0.717, 1.165) is 17.0 Å². The Morgan fingerprint density at radius 3 is 2.00 bits per heavy atom. The number of carbonyl (C=O) groups excluding carboxylic acids is 1. The fourth-order valence-corrected chi connectivity index (χ4v) is 3.30. The van der Waals surface area contributed by atoms with Crippen LogP contribution in [0.4, 0.5) is 5.69 Å². The zero-order valence-corrected chi connectivity index (χ0v) is 17.6. The number of carbonyl (C=O) groups is 1. The zero-order chi connectivity index (χ0) is 20.8. The number of ether oxygens (including phenoxy) is 1. The fraction of sp³-hybridized carbons (Fsp3) is 0.269. The summed E-state index contributed by atoms with van der Waals surface area (Å²) in [7, 11) is 1.62. The zero-order valence-electron chi connectivity index (χ0n) is 17.6. The van der Waals surface area contributed by atoms with Gasteiger partial charge in [0.15, 0.2) is 5.78 Å². The average Bonchev–Trinajstić information content (AvgIpc) is 2.75. The molecule has 0 bridgehead atoms. The number of Topliss-reactive ketones (excluding diaryl/α,β-unsaturated/α-hetero) is 1. The number of benzene rings is 3. The Kier molecular flexibility index (Phi) is 6.71. The van der Waals surface area contributed by atoms with E-state index >= 15 is 0 Å². The van der Waals surface area contributed by atoms with Gasteiger partial charge in [-0.15, -0.1) is 0 Å². The molecule has 0 spiro atoms. The van der Waals surface area contributed by atoms with Gasteiger partial charge in [0.05, 0.1) is 13.2 Å². The minimum atomic E-state index is -0.103. The first kappa shape index (κ1) is 20.7. The molecule has 3 rings (SSSR count). The molecular formula is C26H29NO2. The molecule has 0 aromatic heterocycles. The smallest absolute Gasteiger partial charge is 0.165 e. The van der Waals surface area contributed by atoms with E-state index in [9.17, 15) is 4.79 Å². The molecule has 3 aromatic carbocycles. The second-order valence-corrected chi connectivity index (χ2v) is 7.74. The number of methoxy groups -OCH3 is 1. The monoisotopic (exact) mass is 387 g/mol. The third-order valence-corrected chi connectivity index (χ3v) is 5.20. The second-order valence-electron chi connectivity index (χ2n) is 7.74. The molecule has 0 amide bonds. The SMILES string of the molecule is COc1ccc(C(=O)CC(Nc2ccc(C)cc2)c2ccc(C(C)C)cc2)cc1. The Hall–Kier alpha value is -3.07. The number of ketones is 1. The Labute approximate surface area is 173 Å². The van der Waals surface area contributed by atoms with Gasteiger partial charge in [0.1, 0.15) is 5.75 Å². The van der Waals surface area contributed by atoms with E-state index in [1.807, 2.05) is 24.3 Å². The molecular weight excluding hydrogens is 358 g/mol. The molecule has 1 N–H and O–H groups in total. The van der Waals surface area contributed by atoms with Crippen LogP contribution in [0.5, 0.6) is 5.75 Å². The molecule has 150 valence electrons. The van der Waals surface area contributed by atoms with Crippen molar-refractivity contribution in [2.24, 2.45) is 0 Å². The van der Waals surface area contributed by atoms with E-state index in [-0.39, 0.29) is 11.8 Å². The predicted octanol–water partition coefficient (Wildman–Crippen LogP) is 6.55. The number of hydrogen-bond acceptors (Lipinski definition) is 3. The Morgan fingerprint density at radius 2 is 1.45 bits per heavy atom. The second kappa shape index (κ2) is 9.42. The topological polar surface area (TPSA) is 38.3 Å². The average molecular weight is 388 g/mol. The summed E-state index contributed by atoms with van der Waals surface area (Å²) in [6, 6.07) is 24.0. The lowest BCUT2D eigenvalue weighted by atomic mass is 9.94. The summed E-state index contributed by atoms with van der Waals surface area (Å²) in [5.41, 5.74) is 5.32. The molecule has 1 atom stereocenters. The number of nitrogens with one attached hydrogen (secondary N) is 1. The highest BCUT2D eigenvalue weighted by Crippen LogP contribution is 2.27. The summed E-state index contributed by atoms with van der Waals surface area (Å²) in [5, 5.41) is 3.55. The van der Waals surface area contributed by atoms with Gasteiger partial charge in [-0.2, -0.15) is 0 Å². The van der Waals surface area contributed by atoms with Gasteiger partial charge < -0.3 is 10.1 Å². The van der Waals surface area contributed by atoms with Crippen molar-refractivity contribution in [2.75, 3.05) is 12.4 Å². The maximum absolute atomic E-state index is 13.0. The van der Waals surface area contributed by atoms with Gasteiger partial charge in [0, 0.05) is 17.7 Å². The van der Waals surface area contributed by atoms with Crippen molar-refractivity contribution in [3.05, 3.63) is 95.1 Å². The highest BCUT2D eigenvalue weighted by molar-refractivity contribution is 5.96. The first-order valence-electron chi connectivity index (χ1n) is 10.1. The van der Waals surface area contributed by atoms with Crippen molar-refractivity contribution < 1.29 is 9.53 Å². The number of anilines is 1. The summed E-state index contributed by atoms with van der Waals surface area (Å²) in [6.07, 6.45) is 0.376. The van der Waals surface area contributed by atoms with Crippen LogP contribution in [0.3, 0.4) is 0 Å². The minimum absolute atomic E-state index is 0.102. The molecule has 0 saturated heterocycles. The normalized spacial score (nSPS) is 11.9. The van der Waals surface area contributed by atoms with Gasteiger partial charge in [0.2, 0.25) is 0 Å². The summed E-state index contributed by atoms with van der Waals surface area (Å²) < 4.78 is 5.19. The summed E-state index contributed by atoms with van der Waals surface area (Å²) >= 11 is 0. The maximum Gasteiger partial charge on any atom is 0.165 e. The molecule has 0 heterocycles. The molecule has 0 saturated carbocycles. The first-order valence-corrected chi connectivity index (χ1v) is 10.1. The van der Waals surface area contributed by atoms with Crippen LogP contribution in [0.2, 0.25) is 0 Å². The first-order chi connectivity index (χ1) is 14.0. The lowest BCUT2D eigenvalue weighted by Crippen LogP contribution is -2.16. The van der Waals surface area contributed by atoms with Crippen LogP contribution in [0.1, 0.15) is 59.3 Å². The van der Waals surface area contributed by atoms with Crippen LogP contribution < -0.4 is 10.1 Å². The van der Waals surface area contributed by atoms with Crippen LogP contribution in [0, 0.1) is 6.92 Å². The number of aryl methyl sites for hydroxylation is 1. The fourth-order valence-electron chi connectivity index (χ4n) is 3.30. The van der Waals surface area contributed by atoms with Crippen molar-refractivity contribution >= 4 is 11.5 Å². The van der Waals surface area contributed by atoms with Crippen LogP contribution in [0.15, 0.2) is 72.8 Å². The van der Waals surface area contributed by atoms with Gasteiger partial charge >= 0.3 is 0 Å². The lowest BCUT2D eigenvalue weighted by molar-refractivity contribution is 0.0976. The van der Waals surface area contributed by atoms with Crippen LogP contribution in [-0.2, 0) is 0 Å². The molecule has 0 fully saturated rings. The van der Waals surface area contributed by atoms with Crippen molar-refractivity contribution in [1.82, 2.24) is 0 Å². The van der Waals surface area contributed by atoms with E-state index in [0.29, 0.717) is 17.9 Å².